The molecule has 0 saturated heterocycles. The maximum absolute atomic E-state index is 13.2. The summed E-state index contributed by atoms with van der Waals surface area (Å²) in [4.78, 5) is 0. The first-order valence-electron chi connectivity index (χ1n) is 5.43. The fourth-order valence-electron chi connectivity index (χ4n) is 3.32. The van der Waals surface area contributed by atoms with Gasteiger partial charge in [0.05, 0.1) is 0 Å². The van der Waals surface area contributed by atoms with Gasteiger partial charge < -0.3 is 5.73 Å². The Morgan fingerprint density at radius 3 is 2.06 bits per heavy atom. The van der Waals surface area contributed by atoms with E-state index in [2.05, 4.69) is 0 Å². The van der Waals surface area contributed by atoms with Crippen molar-refractivity contribution in [3.05, 3.63) is 35.1 Å². The summed E-state index contributed by atoms with van der Waals surface area (Å²) in [7, 11) is 0. The monoisotopic (exact) mass is 263 g/mol. The minimum Gasteiger partial charge on any atom is -0.327 e. The first-order valence-corrected chi connectivity index (χ1v) is 5.43. The number of rotatable bonds is 1. The summed E-state index contributed by atoms with van der Waals surface area (Å²) < 4.78 is 39.2. The number of halogens is 4. The number of fused-ring (bicyclic) bond motifs is 1. The van der Waals surface area contributed by atoms with E-state index in [9.17, 15) is 13.2 Å². The van der Waals surface area contributed by atoms with Crippen LogP contribution in [-0.2, 0) is 5.41 Å². The van der Waals surface area contributed by atoms with Crippen LogP contribution in [0.5, 0.6) is 0 Å². The molecule has 94 valence electrons. The topological polar surface area (TPSA) is 26.0 Å². The Morgan fingerprint density at radius 1 is 1.12 bits per heavy atom. The van der Waals surface area contributed by atoms with Crippen molar-refractivity contribution in [3.8, 4) is 0 Å². The van der Waals surface area contributed by atoms with Crippen LogP contribution in [-0.4, -0.2) is 6.04 Å². The quantitative estimate of drug-likeness (QED) is 0.775. The Kier molecular flexibility index (Phi) is 2.91. The van der Waals surface area contributed by atoms with Crippen LogP contribution in [0, 0.1) is 23.4 Å². The predicted octanol–water partition coefficient (Wildman–Crippen LogP) is 2.90. The van der Waals surface area contributed by atoms with Crippen molar-refractivity contribution in [2.45, 2.75) is 30.7 Å². The van der Waals surface area contributed by atoms with E-state index in [1.54, 1.807) is 0 Å². The van der Waals surface area contributed by atoms with Gasteiger partial charge >= 0.3 is 0 Å². The van der Waals surface area contributed by atoms with E-state index in [-0.39, 0.29) is 23.9 Å². The molecule has 4 rings (SSSR count). The molecule has 1 aromatic rings. The highest BCUT2D eigenvalue weighted by Crippen LogP contribution is 2.59. The molecule has 0 heterocycles. The largest absolute Gasteiger partial charge is 0.327 e. The molecule has 0 aromatic heterocycles. The van der Waals surface area contributed by atoms with Gasteiger partial charge in [0.2, 0.25) is 0 Å². The molecule has 0 spiro atoms. The smallest absolute Gasteiger partial charge is 0.194 e. The van der Waals surface area contributed by atoms with Crippen LogP contribution in [0.3, 0.4) is 0 Å². The summed E-state index contributed by atoms with van der Waals surface area (Å²) in [6, 6.07) is 2.14. The lowest BCUT2D eigenvalue weighted by Gasteiger charge is -2.41. The van der Waals surface area contributed by atoms with Crippen molar-refractivity contribution >= 4 is 12.4 Å². The van der Waals surface area contributed by atoms with Gasteiger partial charge in [0.25, 0.3) is 0 Å². The van der Waals surface area contributed by atoms with Gasteiger partial charge in [-0.3, -0.25) is 0 Å². The molecule has 1 aromatic carbocycles. The van der Waals surface area contributed by atoms with Crippen LogP contribution in [0.4, 0.5) is 13.2 Å². The minimum atomic E-state index is -1.40. The molecule has 17 heavy (non-hydrogen) atoms. The minimum absolute atomic E-state index is 0. The highest BCUT2D eigenvalue weighted by atomic mass is 35.5. The molecule has 0 aliphatic heterocycles. The van der Waals surface area contributed by atoms with E-state index in [0.29, 0.717) is 11.5 Å². The van der Waals surface area contributed by atoms with Gasteiger partial charge in [-0.1, -0.05) is 0 Å². The summed E-state index contributed by atoms with van der Waals surface area (Å²) >= 11 is 0. The van der Waals surface area contributed by atoms with E-state index in [0.717, 1.165) is 31.4 Å². The fourth-order valence-corrected chi connectivity index (χ4v) is 3.32. The Hall–Kier alpha value is -0.740. The maximum atomic E-state index is 13.2. The number of benzene rings is 1. The van der Waals surface area contributed by atoms with Crippen molar-refractivity contribution in [1.82, 2.24) is 0 Å². The number of nitrogens with two attached hydrogens (primary N) is 1. The molecule has 3 aliphatic carbocycles. The lowest BCUT2D eigenvalue weighted by molar-refractivity contribution is 0.229. The van der Waals surface area contributed by atoms with E-state index >= 15 is 0 Å². The molecular weight excluding hydrogens is 251 g/mol. The summed E-state index contributed by atoms with van der Waals surface area (Å²) in [6.07, 6.45) is 2.65. The van der Waals surface area contributed by atoms with E-state index in [1.165, 1.54) is 0 Å². The second kappa shape index (κ2) is 3.89. The van der Waals surface area contributed by atoms with Crippen LogP contribution in [0.1, 0.15) is 24.8 Å². The lowest BCUT2D eigenvalue weighted by Crippen LogP contribution is -2.43. The summed E-state index contributed by atoms with van der Waals surface area (Å²) in [6.45, 7) is 0. The Labute approximate surface area is 104 Å². The van der Waals surface area contributed by atoms with Crippen LogP contribution in [0.15, 0.2) is 12.1 Å². The number of hydrogen-bond acceptors (Lipinski definition) is 1. The van der Waals surface area contributed by atoms with Crippen LogP contribution < -0.4 is 5.73 Å². The molecule has 2 bridgehead atoms. The van der Waals surface area contributed by atoms with Crippen molar-refractivity contribution in [2.75, 3.05) is 0 Å². The Bertz CT molecular complexity index is 434. The van der Waals surface area contributed by atoms with Gasteiger partial charge in [0.15, 0.2) is 17.5 Å². The van der Waals surface area contributed by atoms with E-state index in [1.807, 2.05) is 0 Å². The molecule has 5 heteroatoms. The Balaban J connectivity index is 0.00000108. The van der Waals surface area contributed by atoms with Crippen LogP contribution >= 0.6 is 12.4 Å². The second-order valence-electron chi connectivity index (χ2n) is 5.03. The predicted molar refractivity (Wildman–Crippen MR) is 60.6 cm³/mol. The average Bonchev–Trinajstić information content (AvgIpc) is 2.65. The third-order valence-electron chi connectivity index (χ3n) is 4.16. The van der Waals surface area contributed by atoms with Gasteiger partial charge in [0.1, 0.15) is 0 Å². The van der Waals surface area contributed by atoms with Crippen molar-refractivity contribution in [2.24, 2.45) is 11.7 Å². The second-order valence-corrected chi connectivity index (χ2v) is 5.03. The first-order chi connectivity index (χ1) is 7.53. The average molecular weight is 264 g/mol. The van der Waals surface area contributed by atoms with Gasteiger partial charge in [-0.15, -0.1) is 12.4 Å². The van der Waals surface area contributed by atoms with Crippen molar-refractivity contribution in [3.63, 3.8) is 0 Å². The Morgan fingerprint density at radius 2 is 1.65 bits per heavy atom. The molecule has 3 aliphatic rings. The zero-order valence-corrected chi connectivity index (χ0v) is 9.87. The molecule has 2 N–H and O–H groups in total. The molecule has 0 amide bonds. The summed E-state index contributed by atoms with van der Waals surface area (Å²) in [5, 5.41) is 0. The molecule has 1 nitrogen and oxygen atoms in total. The molecule has 1 unspecified atom stereocenters. The molecule has 3 saturated carbocycles. The van der Waals surface area contributed by atoms with Crippen LogP contribution in [0.25, 0.3) is 0 Å². The highest BCUT2D eigenvalue weighted by Gasteiger charge is 2.56. The highest BCUT2D eigenvalue weighted by molar-refractivity contribution is 5.85. The number of hydrogen-bond donors (Lipinski definition) is 1. The third kappa shape index (κ3) is 1.58. The first kappa shape index (κ1) is 12.7. The van der Waals surface area contributed by atoms with E-state index in [4.69, 9.17) is 5.73 Å². The molecule has 3 fully saturated rings. The van der Waals surface area contributed by atoms with Gasteiger partial charge in [-0.2, -0.15) is 0 Å². The van der Waals surface area contributed by atoms with Gasteiger partial charge in [-0.05, 0) is 42.9 Å². The van der Waals surface area contributed by atoms with Crippen molar-refractivity contribution in [1.29, 1.82) is 0 Å². The van der Waals surface area contributed by atoms with Crippen LogP contribution in [0.2, 0.25) is 0 Å². The molecule has 0 radical (unpaired) electrons. The summed E-state index contributed by atoms with van der Waals surface area (Å²) in [5.41, 5.74) is 6.20. The zero-order chi connectivity index (χ0) is 11.5. The van der Waals surface area contributed by atoms with Gasteiger partial charge in [-0.25, -0.2) is 13.2 Å². The fraction of sp³-hybridized carbons (Fsp3) is 0.500. The molecule has 1 atom stereocenters. The zero-order valence-electron chi connectivity index (χ0n) is 9.05. The normalized spacial score (nSPS) is 34.1. The standard InChI is InChI=1S/C12H12F3N.ClH/c13-8-2-7(3-9(14)11(8)15)12-4-6(5-12)1-10(12)16;/h2-3,6,10H,1,4-5,16H2;1H. The van der Waals surface area contributed by atoms with Crippen molar-refractivity contribution < 1.29 is 13.2 Å². The lowest BCUT2D eigenvalue weighted by atomic mass is 9.64. The maximum Gasteiger partial charge on any atom is 0.194 e. The SMILES string of the molecule is Cl.NC1CC2CC1(c1cc(F)c(F)c(F)c1)C2. The third-order valence-corrected chi connectivity index (χ3v) is 4.16. The molecular formula is C12H13ClF3N. The van der Waals surface area contributed by atoms with E-state index < -0.39 is 17.5 Å². The summed E-state index contributed by atoms with van der Waals surface area (Å²) in [5.74, 6) is -3.06. The van der Waals surface area contributed by atoms with Gasteiger partial charge in [0, 0.05) is 11.5 Å².